The van der Waals surface area contributed by atoms with Crippen LogP contribution in [0.2, 0.25) is 5.02 Å². The first-order valence-electron chi connectivity index (χ1n) is 6.51. The van der Waals surface area contributed by atoms with Crippen molar-refractivity contribution in [3.05, 3.63) is 34.9 Å². The maximum absolute atomic E-state index is 11.8. The maximum Gasteiger partial charge on any atom is 0.342 e. The molecule has 4 nitrogen and oxygen atoms in total. The zero-order valence-corrected chi connectivity index (χ0v) is 12.4. The number of benzene rings is 1. The van der Waals surface area contributed by atoms with Crippen molar-refractivity contribution < 1.29 is 14.4 Å². The molecule has 1 heterocycles. The van der Waals surface area contributed by atoms with Crippen LogP contribution >= 0.6 is 19.2 Å². The van der Waals surface area contributed by atoms with Crippen LogP contribution in [0, 0.1) is 0 Å². The van der Waals surface area contributed by atoms with E-state index in [9.17, 15) is 14.4 Å². The van der Waals surface area contributed by atoms with Crippen LogP contribution in [0.5, 0.6) is 0 Å². The standard InChI is InChI=1S/C13H19ClNO3P/c14-12-7-3-2-6-11(12)10-13(19(16,17)18)15-8-4-1-5-9-15/h2-3,6-7,13H,1,4-5,8-10H2,(H2,16,17,18). The van der Waals surface area contributed by atoms with Gasteiger partial charge in [0.1, 0.15) is 5.78 Å². The summed E-state index contributed by atoms with van der Waals surface area (Å²) in [6.45, 7) is 1.50. The van der Waals surface area contributed by atoms with E-state index in [0.29, 0.717) is 11.4 Å². The van der Waals surface area contributed by atoms with E-state index in [1.807, 2.05) is 23.1 Å². The van der Waals surface area contributed by atoms with Crippen molar-refractivity contribution in [2.75, 3.05) is 13.1 Å². The minimum Gasteiger partial charge on any atom is -0.323 e. The Bertz CT molecular complexity index is 471. The first-order chi connectivity index (χ1) is 8.98. The highest BCUT2D eigenvalue weighted by Gasteiger charge is 2.35. The van der Waals surface area contributed by atoms with Gasteiger partial charge in [-0.1, -0.05) is 36.2 Å². The van der Waals surface area contributed by atoms with Crippen molar-refractivity contribution in [3.8, 4) is 0 Å². The van der Waals surface area contributed by atoms with Crippen LogP contribution in [0.1, 0.15) is 24.8 Å². The number of piperidine rings is 1. The average Bonchev–Trinajstić information content (AvgIpc) is 2.37. The molecule has 0 saturated carbocycles. The molecule has 6 heteroatoms. The molecular weight excluding hydrogens is 285 g/mol. The normalized spacial score (nSPS) is 19.3. The molecule has 1 atom stereocenters. The van der Waals surface area contributed by atoms with E-state index in [4.69, 9.17) is 11.6 Å². The molecule has 106 valence electrons. The van der Waals surface area contributed by atoms with Crippen LogP contribution < -0.4 is 0 Å². The summed E-state index contributed by atoms with van der Waals surface area (Å²) in [6, 6.07) is 7.24. The Morgan fingerprint density at radius 3 is 2.42 bits per heavy atom. The third-order valence-corrected chi connectivity index (χ3v) is 5.22. The highest BCUT2D eigenvalue weighted by molar-refractivity contribution is 7.52. The summed E-state index contributed by atoms with van der Waals surface area (Å²) in [6.07, 6.45) is 3.43. The molecule has 0 radical (unpaired) electrons. The highest BCUT2D eigenvalue weighted by Crippen LogP contribution is 2.45. The first kappa shape index (κ1) is 15.0. The predicted molar refractivity (Wildman–Crippen MR) is 76.4 cm³/mol. The summed E-state index contributed by atoms with van der Waals surface area (Å²) in [4.78, 5) is 21.1. The second-order valence-electron chi connectivity index (χ2n) is 4.96. The molecule has 2 rings (SSSR count). The Hall–Kier alpha value is -0.380. The van der Waals surface area contributed by atoms with E-state index >= 15 is 0 Å². The Labute approximate surface area is 118 Å². The zero-order valence-electron chi connectivity index (χ0n) is 10.7. The van der Waals surface area contributed by atoms with Crippen molar-refractivity contribution in [2.45, 2.75) is 31.5 Å². The molecular formula is C13H19ClNO3P. The third-order valence-electron chi connectivity index (χ3n) is 3.56. The Morgan fingerprint density at radius 1 is 1.21 bits per heavy atom. The fraction of sp³-hybridized carbons (Fsp3) is 0.538. The van der Waals surface area contributed by atoms with Gasteiger partial charge in [-0.2, -0.15) is 0 Å². The molecule has 2 N–H and O–H groups in total. The molecule has 0 spiro atoms. The number of nitrogens with zero attached hydrogens (tertiary/aromatic N) is 1. The van der Waals surface area contributed by atoms with Gasteiger partial charge in [-0.25, -0.2) is 0 Å². The van der Waals surface area contributed by atoms with E-state index < -0.39 is 13.4 Å². The Morgan fingerprint density at radius 2 is 1.84 bits per heavy atom. The minimum absolute atomic E-state index is 0.296. The summed E-state index contributed by atoms with van der Waals surface area (Å²) in [5.41, 5.74) is 0.795. The molecule has 1 aliphatic rings. The van der Waals surface area contributed by atoms with Gasteiger partial charge in [-0.3, -0.25) is 9.46 Å². The Kier molecular flexibility index (Phi) is 5.04. The van der Waals surface area contributed by atoms with Crippen molar-refractivity contribution >= 4 is 19.2 Å². The quantitative estimate of drug-likeness (QED) is 0.840. The van der Waals surface area contributed by atoms with E-state index in [2.05, 4.69) is 0 Å². The fourth-order valence-corrected chi connectivity index (χ4v) is 3.84. The van der Waals surface area contributed by atoms with Gasteiger partial charge in [-0.05, 0) is 37.6 Å². The second-order valence-corrected chi connectivity index (χ2v) is 7.14. The largest absolute Gasteiger partial charge is 0.342 e. The summed E-state index contributed by atoms with van der Waals surface area (Å²) in [5, 5.41) is 0.568. The number of hydrogen-bond acceptors (Lipinski definition) is 2. The van der Waals surface area contributed by atoms with Gasteiger partial charge >= 0.3 is 7.60 Å². The maximum atomic E-state index is 11.8. The summed E-state index contributed by atoms with van der Waals surface area (Å²) < 4.78 is 11.8. The summed E-state index contributed by atoms with van der Waals surface area (Å²) >= 11 is 6.09. The third kappa shape index (κ3) is 4.04. The molecule has 1 aromatic carbocycles. The van der Waals surface area contributed by atoms with Crippen LogP contribution in [0.3, 0.4) is 0 Å². The molecule has 1 saturated heterocycles. The van der Waals surface area contributed by atoms with Crippen LogP contribution in [-0.2, 0) is 11.0 Å². The number of halogens is 1. The van der Waals surface area contributed by atoms with Crippen LogP contribution in [0.25, 0.3) is 0 Å². The van der Waals surface area contributed by atoms with Gasteiger partial charge in [0.25, 0.3) is 0 Å². The molecule has 0 amide bonds. The van der Waals surface area contributed by atoms with E-state index in [1.165, 1.54) is 0 Å². The molecule has 0 aliphatic carbocycles. The molecule has 1 unspecified atom stereocenters. The summed E-state index contributed by atoms with van der Waals surface area (Å²) in [7, 11) is -4.16. The Balaban J connectivity index is 2.19. The molecule has 0 bridgehead atoms. The zero-order chi connectivity index (χ0) is 13.9. The topological polar surface area (TPSA) is 60.8 Å². The lowest BCUT2D eigenvalue weighted by Gasteiger charge is -2.34. The molecule has 1 fully saturated rings. The van der Waals surface area contributed by atoms with Crippen molar-refractivity contribution in [2.24, 2.45) is 0 Å². The minimum atomic E-state index is -4.16. The van der Waals surface area contributed by atoms with Crippen molar-refractivity contribution in [1.82, 2.24) is 4.90 Å². The van der Waals surface area contributed by atoms with Crippen molar-refractivity contribution in [1.29, 1.82) is 0 Å². The van der Waals surface area contributed by atoms with Gasteiger partial charge < -0.3 is 9.79 Å². The SMILES string of the molecule is O=P(O)(O)C(Cc1ccccc1Cl)N1CCCCC1. The van der Waals surface area contributed by atoms with Gasteiger partial charge in [0, 0.05) is 11.4 Å². The monoisotopic (exact) mass is 303 g/mol. The fourth-order valence-electron chi connectivity index (χ4n) is 2.54. The van der Waals surface area contributed by atoms with Gasteiger partial charge in [0.05, 0.1) is 0 Å². The van der Waals surface area contributed by atoms with E-state index in [0.717, 1.165) is 37.9 Å². The van der Waals surface area contributed by atoms with Crippen LogP contribution in [0.4, 0.5) is 0 Å². The lowest BCUT2D eigenvalue weighted by atomic mass is 10.1. The van der Waals surface area contributed by atoms with E-state index in [-0.39, 0.29) is 0 Å². The lowest BCUT2D eigenvalue weighted by molar-refractivity contribution is 0.181. The van der Waals surface area contributed by atoms with Gasteiger partial charge in [0.2, 0.25) is 0 Å². The van der Waals surface area contributed by atoms with Crippen molar-refractivity contribution in [3.63, 3.8) is 0 Å². The first-order valence-corrected chi connectivity index (χ1v) is 8.57. The molecule has 0 aromatic heterocycles. The lowest BCUT2D eigenvalue weighted by Crippen LogP contribution is -2.40. The van der Waals surface area contributed by atoms with Crippen LogP contribution in [0.15, 0.2) is 24.3 Å². The number of hydrogen-bond donors (Lipinski definition) is 2. The smallest absolute Gasteiger partial charge is 0.323 e. The number of likely N-dealkylation sites (tertiary alicyclic amines) is 1. The highest BCUT2D eigenvalue weighted by atomic mass is 35.5. The number of rotatable bonds is 4. The molecule has 19 heavy (non-hydrogen) atoms. The second kappa shape index (κ2) is 6.38. The summed E-state index contributed by atoms with van der Waals surface area (Å²) in [5.74, 6) is -0.757. The van der Waals surface area contributed by atoms with Gasteiger partial charge in [0.15, 0.2) is 0 Å². The molecule has 1 aliphatic heterocycles. The van der Waals surface area contributed by atoms with Crippen LogP contribution in [-0.4, -0.2) is 33.6 Å². The van der Waals surface area contributed by atoms with E-state index in [1.54, 1.807) is 6.07 Å². The molecule has 1 aromatic rings. The average molecular weight is 304 g/mol. The van der Waals surface area contributed by atoms with Gasteiger partial charge in [-0.15, -0.1) is 0 Å². The predicted octanol–water partition coefficient (Wildman–Crippen LogP) is 2.87.